The van der Waals surface area contributed by atoms with Crippen molar-refractivity contribution >= 4 is 27.6 Å². The van der Waals surface area contributed by atoms with Crippen molar-refractivity contribution < 1.29 is 9.59 Å². The smallest absolute Gasteiger partial charge is 0.236 e. The minimum Gasteiger partial charge on any atom is -0.355 e. The quantitative estimate of drug-likeness (QED) is 0.459. The zero-order valence-corrected chi connectivity index (χ0v) is 11.1. The number of hydrogen-bond donors (Lipinski definition) is 1. The molecule has 0 unspecified atom stereocenters. The highest BCUT2D eigenvalue weighted by atomic mass is 79.9. The van der Waals surface area contributed by atoms with Gasteiger partial charge in [-0.2, -0.15) is 0 Å². The highest BCUT2D eigenvalue weighted by Crippen LogP contribution is 2.15. The number of allylic oxidation sites excluding steroid dienone is 1. The topological polar surface area (TPSA) is 46.2 Å². The Labute approximate surface area is 99.4 Å². The van der Waals surface area contributed by atoms with Gasteiger partial charge in [-0.05, 0) is 32.8 Å². The van der Waals surface area contributed by atoms with Gasteiger partial charge in [0.2, 0.25) is 5.91 Å². The number of alkyl halides is 1. The van der Waals surface area contributed by atoms with Gasteiger partial charge < -0.3 is 5.32 Å². The predicted octanol–water partition coefficient (Wildman–Crippen LogP) is 2.20. The Morgan fingerprint density at radius 1 is 1.40 bits per heavy atom. The van der Waals surface area contributed by atoms with E-state index in [0.29, 0.717) is 25.0 Å². The fourth-order valence-electron chi connectivity index (χ4n) is 0.874. The molecule has 0 aromatic rings. The van der Waals surface area contributed by atoms with Gasteiger partial charge in [-0.3, -0.25) is 9.59 Å². The molecule has 1 amide bonds. The van der Waals surface area contributed by atoms with Crippen molar-refractivity contribution in [3.05, 3.63) is 12.2 Å². The van der Waals surface area contributed by atoms with E-state index in [0.717, 1.165) is 0 Å². The van der Waals surface area contributed by atoms with E-state index < -0.39 is 4.32 Å². The zero-order chi connectivity index (χ0) is 12.1. The van der Waals surface area contributed by atoms with Crippen LogP contribution in [0.1, 0.15) is 33.6 Å². The molecule has 0 aliphatic carbocycles. The molecular weight excluding hydrogens is 258 g/mol. The summed E-state index contributed by atoms with van der Waals surface area (Å²) in [6.07, 6.45) is 1.10. The third kappa shape index (κ3) is 6.44. The van der Waals surface area contributed by atoms with Crippen LogP contribution in [0.2, 0.25) is 0 Å². The van der Waals surface area contributed by atoms with Gasteiger partial charge in [0.25, 0.3) is 0 Å². The average molecular weight is 276 g/mol. The average Bonchev–Trinajstić information content (AvgIpc) is 2.09. The number of carbonyl (C=O) groups is 2. The molecule has 0 bridgehead atoms. The van der Waals surface area contributed by atoms with E-state index in [1.165, 1.54) is 0 Å². The number of ketones is 1. The van der Waals surface area contributed by atoms with Crippen LogP contribution in [-0.2, 0) is 9.59 Å². The molecule has 3 nitrogen and oxygen atoms in total. The predicted molar refractivity (Wildman–Crippen MR) is 65.1 cm³/mol. The highest BCUT2D eigenvalue weighted by molar-refractivity contribution is 9.10. The minimum atomic E-state index is -0.550. The molecule has 15 heavy (non-hydrogen) atoms. The molecule has 86 valence electrons. The van der Waals surface area contributed by atoms with Gasteiger partial charge >= 0.3 is 0 Å². The van der Waals surface area contributed by atoms with E-state index in [4.69, 9.17) is 0 Å². The summed E-state index contributed by atoms with van der Waals surface area (Å²) < 4.78 is -0.550. The molecule has 0 atom stereocenters. The molecule has 1 N–H and O–H groups in total. The molecule has 0 radical (unpaired) electrons. The summed E-state index contributed by atoms with van der Waals surface area (Å²) in [5.74, 6) is -0.00683. The van der Waals surface area contributed by atoms with Crippen molar-refractivity contribution in [1.82, 2.24) is 5.32 Å². The fourth-order valence-corrected chi connectivity index (χ4v) is 1.01. The second-order valence-electron chi connectivity index (χ2n) is 4.04. The molecule has 0 spiro atoms. The maximum absolute atomic E-state index is 11.4. The lowest BCUT2D eigenvalue weighted by Gasteiger charge is -2.15. The Kier molecular flexibility index (Phi) is 5.80. The summed E-state index contributed by atoms with van der Waals surface area (Å²) in [5.41, 5.74) is 0.571. The lowest BCUT2D eigenvalue weighted by Crippen LogP contribution is -2.38. The maximum Gasteiger partial charge on any atom is 0.236 e. The lowest BCUT2D eigenvalue weighted by atomic mass is 10.1. The third-order valence-corrected chi connectivity index (χ3v) is 2.24. The van der Waals surface area contributed by atoms with Crippen LogP contribution in [0.25, 0.3) is 0 Å². The maximum atomic E-state index is 11.4. The Morgan fingerprint density at radius 2 is 1.93 bits per heavy atom. The van der Waals surface area contributed by atoms with Gasteiger partial charge in [-0.25, -0.2) is 0 Å². The van der Waals surface area contributed by atoms with E-state index in [1.807, 2.05) is 0 Å². The number of carbonyl (C=O) groups excluding carboxylic acids is 2. The largest absolute Gasteiger partial charge is 0.355 e. The first-order chi connectivity index (χ1) is 6.75. The molecule has 0 rings (SSSR count). The van der Waals surface area contributed by atoms with Gasteiger partial charge in [-0.15, -0.1) is 0 Å². The summed E-state index contributed by atoms with van der Waals surface area (Å²) in [6.45, 7) is 9.34. The van der Waals surface area contributed by atoms with Gasteiger partial charge in [0.15, 0.2) is 5.78 Å². The van der Waals surface area contributed by atoms with Crippen molar-refractivity contribution in [2.45, 2.75) is 37.9 Å². The van der Waals surface area contributed by atoms with Gasteiger partial charge in [0.05, 0.1) is 4.32 Å². The number of amides is 1. The van der Waals surface area contributed by atoms with Crippen molar-refractivity contribution in [1.29, 1.82) is 0 Å². The summed E-state index contributed by atoms with van der Waals surface area (Å²) >= 11 is 3.26. The summed E-state index contributed by atoms with van der Waals surface area (Å²) in [5, 5.41) is 2.75. The van der Waals surface area contributed by atoms with Gasteiger partial charge in [-0.1, -0.05) is 22.5 Å². The molecular formula is C11H18BrNO2. The highest BCUT2D eigenvalue weighted by Gasteiger charge is 2.22. The number of hydrogen-bond acceptors (Lipinski definition) is 2. The van der Waals surface area contributed by atoms with Crippen molar-refractivity contribution in [3.8, 4) is 0 Å². The van der Waals surface area contributed by atoms with Crippen LogP contribution in [0, 0.1) is 0 Å². The first kappa shape index (κ1) is 14.4. The molecule has 0 aromatic heterocycles. The third-order valence-electron chi connectivity index (χ3n) is 1.88. The van der Waals surface area contributed by atoms with Gasteiger partial charge in [0.1, 0.15) is 0 Å². The number of nitrogens with one attached hydrogen (secondary N) is 1. The van der Waals surface area contributed by atoms with Crippen LogP contribution in [0.4, 0.5) is 0 Å². The molecule has 0 aliphatic rings. The summed E-state index contributed by atoms with van der Waals surface area (Å²) in [7, 11) is 0. The van der Waals surface area contributed by atoms with Crippen molar-refractivity contribution in [3.63, 3.8) is 0 Å². The van der Waals surface area contributed by atoms with E-state index in [9.17, 15) is 9.59 Å². The molecule has 0 aromatic carbocycles. The molecule has 4 heteroatoms. The normalized spacial score (nSPS) is 10.9. The molecule has 0 saturated carbocycles. The van der Waals surface area contributed by atoms with Crippen LogP contribution in [0.15, 0.2) is 12.2 Å². The van der Waals surface area contributed by atoms with E-state index in [1.54, 1.807) is 20.8 Å². The lowest BCUT2D eigenvalue weighted by molar-refractivity contribution is -0.122. The molecule has 0 heterocycles. The Hall–Kier alpha value is -0.640. The van der Waals surface area contributed by atoms with Gasteiger partial charge in [0, 0.05) is 13.0 Å². The first-order valence-corrected chi connectivity index (χ1v) is 5.70. The fraction of sp³-hybridized carbons (Fsp3) is 0.636. The standard InChI is InChI=1S/C11H18BrNO2/c1-8(2)9(14)6-5-7-13-10(15)11(3,4)12/h1,5-7H2,2-4H3,(H,13,15). The van der Waals surface area contributed by atoms with Crippen LogP contribution in [-0.4, -0.2) is 22.6 Å². The Bertz CT molecular complexity index is 266. The van der Waals surface area contributed by atoms with E-state index in [-0.39, 0.29) is 11.7 Å². The van der Waals surface area contributed by atoms with Crippen LogP contribution in [0.5, 0.6) is 0 Å². The van der Waals surface area contributed by atoms with Crippen LogP contribution >= 0.6 is 15.9 Å². The Morgan fingerprint density at radius 3 is 2.33 bits per heavy atom. The number of Topliss-reactive ketones (excluding diaryl/α,β-unsaturated/α-hetero) is 1. The second kappa shape index (κ2) is 6.05. The SMILES string of the molecule is C=C(C)C(=O)CCCNC(=O)C(C)(C)Br. The second-order valence-corrected chi connectivity index (χ2v) is 6.02. The monoisotopic (exact) mass is 275 g/mol. The first-order valence-electron chi connectivity index (χ1n) is 4.91. The summed E-state index contributed by atoms with van der Waals surface area (Å²) in [4.78, 5) is 22.5. The zero-order valence-electron chi connectivity index (χ0n) is 9.52. The summed E-state index contributed by atoms with van der Waals surface area (Å²) in [6, 6.07) is 0. The Balaban J connectivity index is 3.69. The minimum absolute atomic E-state index is 0.0577. The number of rotatable bonds is 6. The van der Waals surface area contributed by atoms with E-state index in [2.05, 4.69) is 27.8 Å². The molecule has 0 aliphatic heterocycles. The van der Waals surface area contributed by atoms with Crippen molar-refractivity contribution in [2.75, 3.05) is 6.54 Å². The van der Waals surface area contributed by atoms with Crippen molar-refractivity contribution in [2.24, 2.45) is 0 Å². The van der Waals surface area contributed by atoms with Crippen LogP contribution in [0.3, 0.4) is 0 Å². The number of halogens is 1. The molecule has 0 saturated heterocycles. The van der Waals surface area contributed by atoms with E-state index >= 15 is 0 Å². The molecule has 0 fully saturated rings. The van der Waals surface area contributed by atoms with Crippen LogP contribution < -0.4 is 5.32 Å².